The molecule has 0 radical (unpaired) electrons. The molecular formula is C8H17N2O+. The molecule has 11 heavy (non-hydrogen) atoms. The summed E-state index contributed by atoms with van der Waals surface area (Å²) in [5.41, 5.74) is 3.09. The molecule has 0 rings (SSSR count). The summed E-state index contributed by atoms with van der Waals surface area (Å²) in [6.45, 7) is 3.17. The van der Waals surface area contributed by atoms with Gasteiger partial charge in [-0.05, 0) is 12.5 Å². The van der Waals surface area contributed by atoms with Crippen molar-refractivity contribution < 1.29 is 9.39 Å². The Kier molecular flexibility index (Phi) is 4.54. The molecule has 0 heterocycles. The molecule has 0 aromatic carbocycles. The molecule has 0 aromatic rings. The normalized spacial score (nSPS) is 11.9. The molecule has 0 aliphatic carbocycles. The minimum absolute atomic E-state index is 0.709. The summed E-state index contributed by atoms with van der Waals surface area (Å²) < 4.78 is 0.709. The fourth-order valence-electron chi connectivity index (χ4n) is 0.908. The van der Waals surface area contributed by atoms with Gasteiger partial charge in [-0.25, -0.2) is 10.0 Å². The van der Waals surface area contributed by atoms with E-state index in [9.17, 15) is 4.79 Å². The van der Waals surface area contributed by atoms with E-state index in [1.54, 1.807) is 6.20 Å². The van der Waals surface area contributed by atoms with Crippen LogP contribution in [0.1, 0.15) is 13.3 Å². The lowest BCUT2D eigenvalue weighted by atomic mass is 10.4. The maximum atomic E-state index is 9.91. The number of rotatable bonds is 5. The van der Waals surface area contributed by atoms with Gasteiger partial charge in [-0.2, -0.15) is 0 Å². The van der Waals surface area contributed by atoms with Crippen LogP contribution in [0.5, 0.6) is 0 Å². The Labute approximate surface area is 68.3 Å². The number of hydrogen-bond acceptors (Lipinski definition) is 2. The third-order valence-corrected chi connectivity index (χ3v) is 1.38. The molecule has 0 aliphatic heterocycles. The number of hydrogen-bond donors (Lipinski definition) is 1. The fourth-order valence-corrected chi connectivity index (χ4v) is 0.908. The zero-order valence-electron chi connectivity index (χ0n) is 7.50. The van der Waals surface area contributed by atoms with Crippen molar-refractivity contribution in [2.75, 3.05) is 20.6 Å². The van der Waals surface area contributed by atoms with E-state index in [2.05, 4.69) is 26.4 Å². The Morgan fingerprint density at radius 3 is 2.55 bits per heavy atom. The number of aldehydes is 1. The predicted octanol–water partition coefficient (Wildman–Crippen LogP) is 0.690. The second-order valence-corrected chi connectivity index (χ2v) is 3.03. The molecule has 0 fully saturated rings. The van der Waals surface area contributed by atoms with Crippen molar-refractivity contribution in [3.05, 3.63) is 12.3 Å². The molecule has 0 spiro atoms. The maximum absolute atomic E-state index is 9.91. The molecule has 3 heteroatoms. The van der Waals surface area contributed by atoms with Crippen molar-refractivity contribution in [3.8, 4) is 0 Å². The Hall–Kier alpha value is -0.830. The average molecular weight is 157 g/mol. The van der Waals surface area contributed by atoms with Crippen molar-refractivity contribution in [2.45, 2.75) is 13.3 Å². The molecular weight excluding hydrogens is 140 g/mol. The Bertz CT molecular complexity index is 141. The lowest BCUT2D eigenvalue weighted by molar-refractivity contribution is -0.928. The molecule has 3 nitrogen and oxygen atoms in total. The van der Waals surface area contributed by atoms with Crippen molar-refractivity contribution in [3.63, 3.8) is 0 Å². The Balaban J connectivity index is 3.71. The number of carbonyl (C=O) groups excluding carboxylic acids is 1. The van der Waals surface area contributed by atoms with Crippen LogP contribution >= 0.6 is 0 Å². The Morgan fingerprint density at radius 1 is 1.45 bits per heavy atom. The van der Waals surface area contributed by atoms with E-state index in [0.717, 1.165) is 19.3 Å². The summed E-state index contributed by atoms with van der Waals surface area (Å²) in [5, 5.41) is 0. The van der Waals surface area contributed by atoms with Gasteiger partial charge in [-0.3, -0.25) is 4.79 Å². The van der Waals surface area contributed by atoms with E-state index < -0.39 is 0 Å². The third kappa shape index (κ3) is 5.61. The van der Waals surface area contributed by atoms with E-state index >= 15 is 0 Å². The smallest absolute Gasteiger partial charge is 0.144 e. The van der Waals surface area contributed by atoms with Crippen LogP contribution in [-0.4, -0.2) is 31.5 Å². The van der Waals surface area contributed by atoms with Crippen LogP contribution in [0.4, 0.5) is 0 Å². The van der Waals surface area contributed by atoms with Crippen LogP contribution in [0.3, 0.4) is 0 Å². The van der Waals surface area contributed by atoms with Crippen LogP contribution in [0.2, 0.25) is 0 Å². The van der Waals surface area contributed by atoms with Crippen LogP contribution in [0.25, 0.3) is 0 Å². The molecule has 64 valence electrons. The standard InChI is InChI=1S/C8H16N2O/c1-4-7-10(2,3)9-6-5-8-11/h5-6,8H,4,7H2,1-3H3/p+1. The average Bonchev–Trinajstić information content (AvgIpc) is 1.87. The lowest BCUT2D eigenvalue weighted by Crippen LogP contribution is -2.49. The van der Waals surface area contributed by atoms with E-state index in [1.807, 2.05) is 0 Å². The Morgan fingerprint density at radius 2 is 2.09 bits per heavy atom. The lowest BCUT2D eigenvalue weighted by Gasteiger charge is -2.27. The highest BCUT2D eigenvalue weighted by Gasteiger charge is 2.09. The summed E-state index contributed by atoms with van der Waals surface area (Å²) in [6, 6.07) is 0. The number of nitrogens with zero attached hydrogens (tertiary/aromatic N) is 1. The first-order chi connectivity index (χ1) is 5.12. The quantitative estimate of drug-likeness (QED) is 0.275. The SMILES string of the molecule is CCC[N+](C)(C)NC=CC=O. The summed E-state index contributed by atoms with van der Waals surface area (Å²) in [7, 11) is 4.11. The minimum atomic E-state index is 0.709. The van der Waals surface area contributed by atoms with Crippen LogP contribution in [0, 0.1) is 0 Å². The molecule has 0 aromatic heterocycles. The molecule has 0 saturated heterocycles. The van der Waals surface area contributed by atoms with Gasteiger partial charge >= 0.3 is 0 Å². The fraction of sp³-hybridized carbons (Fsp3) is 0.625. The maximum Gasteiger partial charge on any atom is 0.144 e. The van der Waals surface area contributed by atoms with Crippen molar-refractivity contribution in [1.82, 2.24) is 5.43 Å². The zero-order chi connectivity index (χ0) is 8.74. The minimum Gasteiger partial charge on any atom is -0.299 e. The molecule has 0 atom stereocenters. The van der Waals surface area contributed by atoms with E-state index in [1.165, 1.54) is 6.08 Å². The molecule has 0 amide bonds. The predicted molar refractivity (Wildman–Crippen MR) is 45.6 cm³/mol. The van der Waals surface area contributed by atoms with Crippen molar-refractivity contribution >= 4 is 6.29 Å². The molecule has 0 unspecified atom stereocenters. The van der Waals surface area contributed by atoms with Gasteiger partial charge in [0.2, 0.25) is 0 Å². The van der Waals surface area contributed by atoms with Crippen LogP contribution < -0.4 is 5.43 Å². The first-order valence-electron chi connectivity index (χ1n) is 3.83. The molecule has 1 N–H and O–H groups in total. The number of allylic oxidation sites excluding steroid dienone is 1. The second kappa shape index (κ2) is 4.91. The first-order valence-corrected chi connectivity index (χ1v) is 3.83. The first kappa shape index (κ1) is 10.2. The van der Waals surface area contributed by atoms with E-state index in [0.29, 0.717) is 4.59 Å². The largest absolute Gasteiger partial charge is 0.299 e. The van der Waals surface area contributed by atoms with Gasteiger partial charge in [0.15, 0.2) is 0 Å². The highest BCUT2D eigenvalue weighted by atomic mass is 16.1. The monoisotopic (exact) mass is 157 g/mol. The van der Waals surface area contributed by atoms with Gasteiger partial charge in [0, 0.05) is 0 Å². The topological polar surface area (TPSA) is 29.1 Å². The summed E-state index contributed by atoms with van der Waals surface area (Å²) >= 11 is 0. The van der Waals surface area contributed by atoms with Crippen molar-refractivity contribution in [2.24, 2.45) is 0 Å². The van der Waals surface area contributed by atoms with Crippen molar-refractivity contribution in [1.29, 1.82) is 0 Å². The van der Waals surface area contributed by atoms with Gasteiger partial charge < -0.3 is 0 Å². The molecule has 0 aliphatic rings. The summed E-state index contributed by atoms with van der Waals surface area (Å²) in [6.07, 6.45) is 5.01. The summed E-state index contributed by atoms with van der Waals surface area (Å²) in [4.78, 5) is 9.91. The van der Waals surface area contributed by atoms with Gasteiger partial charge in [-0.15, -0.1) is 0 Å². The highest BCUT2D eigenvalue weighted by Crippen LogP contribution is 1.92. The third-order valence-electron chi connectivity index (χ3n) is 1.38. The van der Waals surface area contributed by atoms with Crippen LogP contribution in [-0.2, 0) is 4.79 Å². The zero-order valence-corrected chi connectivity index (χ0v) is 7.50. The van der Waals surface area contributed by atoms with Gasteiger partial charge in [-0.1, -0.05) is 6.92 Å². The van der Waals surface area contributed by atoms with Gasteiger partial charge in [0.1, 0.15) is 12.8 Å². The number of nitrogens with one attached hydrogen (secondary N) is 1. The molecule has 0 saturated carbocycles. The number of carbonyl (C=O) groups is 1. The van der Waals surface area contributed by atoms with E-state index in [-0.39, 0.29) is 0 Å². The second-order valence-electron chi connectivity index (χ2n) is 3.03. The summed E-state index contributed by atoms with van der Waals surface area (Å²) in [5.74, 6) is 0. The van der Waals surface area contributed by atoms with Gasteiger partial charge in [0.25, 0.3) is 0 Å². The van der Waals surface area contributed by atoms with Gasteiger partial charge in [0.05, 0.1) is 20.3 Å². The highest BCUT2D eigenvalue weighted by molar-refractivity contribution is 5.64. The molecule has 0 bridgehead atoms. The van der Waals surface area contributed by atoms with E-state index in [4.69, 9.17) is 0 Å². The number of quaternary nitrogens is 1. The van der Waals surface area contributed by atoms with Crippen LogP contribution in [0.15, 0.2) is 12.3 Å².